The van der Waals surface area contributed by atoms with Crippen LogP contribution in [0.2, 0.25) is 0 Å². The number of aryl methyl sites for hydroxylation is 1. The van der Waals surface area contributed by atoms with Crippen molar-refractivity contribution in [1.82, 2.24) is 15.1 Å². The van der Waals surface area contributed by atoms with E-state index >= 15 is 0 Å². The Hall–Kier alpha value is -3.21. The molecule has 1 N–H and O–H groups in total. The van der Waals surface area contributed by atoms with Crippen molar-refractivity contribution in [2.24, 2.45) is 5.92 Å². The van der Waals surface area contributed by atoms with Gasteiger partial charge < -0.3 is 9.84 Å². The lowest BCUT2D eigenvalue weighted by atomic mass is 9.98. The van der Waals surface area contributed by atoms with Gasteiger partial charge in [-0.2, -0.15) is 0 Å². The summed E-state index contributed by atoms with van der Waals surface area (Å²) in [5, 5.41) is 8.78. The summed E-state index contributed by atoms with van der Waals surface area (Å²) < 4.78 is 5.54. The first-order valence-electron chi connectivity index (χ1n) is 9.64. The van der Waals surface area contributed by atoms with Gasteiger partial charge in [0.25, 0.3) is 0 Å². The fourth-order valence-electron chi connectivity index (χ4n) is 3.34. The molecule has 5 nitrogen and oxygen atoms in total. The van der Waals surface area contributed by atoms with Gasteiger partial charge in [0.15, 0.2) is 0 Å². The number of nitrogens with one attached hydrogen (secondary N) is 1. The first-order valence-corrected chi connectivity index (χ1v) is 9.64. The molecule has 0 amide bonds. The van der Waals surface area contributed by atoms with E-state index in [1.807, 2.05) is 43.3 Å². The summed E-state index contributed by atoms with van der Waals surface area (Å²) in [7, 11) is 0. The lowest BCUT2D eigenvalue weighted by molar-refractivity contribution is 0.400. The molecule has 4 aromatic rings. The lowest BCUT2D eigenvalue weighted by Crippen LogP contribution is -2.06. The summed E-state index contributed by atoms with van der Waals surface area (Å²) in [5.74, 6) is 2.30. The van der Waals surface area contributed by atoms with Crippen LogP contribution in [0.25, 0.3) is 33.3 Å². The number of hydrogen-bond acceptors (Lipinski definition) is 5. The number of fused-ring (bicyclic) bond motifs is 1. The summed E-state index contributed by atoms with van der Waals surface area (Å²) in [5.41, 5.74) is 4.86. The zero-order chi connectivity index (χ0) is 19.5. The SMILES string of the molecule is Cc1onc(-c2ccccc2)c1-c1ccc2ncnc(NCCC(C)C)c2c1. The number of anilines is 1. The number of nitrogens with zero attached hydrogens (tertiary/aromatic N) is 3. The van der Waals surface area contributed by atoms with Gasteiger partial charge in [-0.25, -0.2) is 9.97 Å². The highest BCUT2D eigenvalue weighted by atomic mass is 16.5. The molecule has 0 unspecified atom stereocenters. The van der Waals surface area contributed by atoms with E-state index in [4.69, 9.17) is 4.52 Å². The normalized spacial score (nSPS) is 11.3. The van der Waals surface area contributed by atoms with E-state index < -0.39 is 0 Å². The molecule has 0 fully saturated rings. The van der Waals surface area contributed by atoms with Crippen LogP contribution in [0.1, 0.15) is 26.0 Å². The van der Waals surface area contributed by atoms with Crippen molar-refractivity contribution in [2.45, 2.75) is 27.2 Å². The van der Waals surface area contributed by atoms with Gasteiger partial charge in [-0.1, -0.05) is 55.4 Å². The van der Waals surface area contributed by atoms with Crippen molar-refractivity contribution in [2.75, 3.05) is 11.9 Å². The Morgan fingerprint density at radius 3 is 2.61 bits per heavy atom. The summed E-state index contributed by atoms with van der Waals surface area (Å²) in [6, 6.07) is 16.3. The molecule has 0 bridgehead atoms. The van der Waals surface area contributed by atoms with E-state index in [-0.39, 0.29) is 0 Å². The van der Waals surface area contributed by atoms with Crippen molar-refractivity contribution >= 4 is 16.7 Å². The van der Waals surface area contributed by atoms with Crippen LogP contribution in [0.15, 0.2) is 59.4 Å². The van der Waals surface area contributed by atoms with Crippen LogP contribution in [-0.4, -0.2) is 21.7 Å². The number of hydrogen-bond donors (Lipinski definition) is 1. The highest BCUT2D eigenvalue weighted by Gasteiger charge is 2.17. The Kier molecular flexibility index (Phi) is 5.06. The summed E-state index contributed by atoms with van der Waals surface area (Å²) >= 11 is 0. The molecule has 0 aliphatic rings. The smallest absolute Gasteiger partial charge is 0.142 e. The van der Waals surface area contributed by atoms with Crippen LogP contribution >= 0.6 is 0 Å². The fourth-order valence-corrected chi connectivity index (χ4v) is 3.34. The first-order chi connectivity index (χ1) is 13.6. The second-order valence-corrected chi connectivity index (χ2v) is 7.39. The van der Waals surface area contributed by atoms with Gasteiger partial charge in [-0.3, -0.25) is 0 Å². The number of aromatic nitrogens is 3. The molecule has 0 saturated heterocycles. The molecule has 5 heteroatoms. The van der Waals surface area contributed by atoms with Crippen molar-refractivity contribution in [3.63, 3.8) is 0 Å². The molecule has 2 aromatic carbocycles. The minimum Gasteiger partial charge on any atom is -0.369 e. The highest BCUT2D eigenvalue weighted by molar-refractivity contribution is 5.94. The molecule has 142 valence electrons. The van der Waals surface area contributed by atoms with E-state index in [0.717, 1.165) is 57.8 Å². The summed E-state index contributed by atoms with van der Waals surface area (Å²) in [6.45, 7) is 7.27. The molecule has 2 heterocycles. The van der Waals surface area contributed by atoms with E-state index in [0.29, 0.717) is 5.92 Å². The van der Waals surface area contributed by atoms with Gasteiger partial charge in [0.05, 0.1) is 11.1 Å². The molecule has 2 aromatic heterocycles. The zero-order valence-electron chi connectivity index (χ0n) is 16.4. The van der Waals surface area contributed by atoms with Crippen LogP contribution in [0.3, 0.4) is 0 Å². The minimum atomic E-state index is 0.643. The molecule has 0 saturated carbocycles. The van der Waals surface area contributed by atoms with E-state index in [9.17, 15) is 0 Å². The van der Waals surface area contributed by atoms with Gasteiger partial charge in [0.2, 0.25) is 0 Å². The highest BCUT2D eigenvalue weighted by Crippen LogP contribution is 2.36. The lowest BCUT2D eigenvalue weighted by Gasteiger charge is -2.11. The van der Waals surface area contributed by atoms with Gasteiger partial charge >= 0.3 is 0 Å². The molecule has 28 heavy (non-hydrogen) atoms. The Morgan fingerprint density at radius 2 is 1.82 bits per heavy atom. The van der Waals surface area contributed by atoms with Crippen LogP contribution in [0.5, 0.6) is 0 Å². The number of benzene rings is 2. The Bertz CT molecular complexity index is 1090. The zero-order valence-corrected chi connectivity index (χ0v) is 16.4. The Labute approximate surface area is 164 Å². The largest absolute Gasteiger partial charge is 0.369 e. The molecule has 4 rings (SSSR count). The quantitative estimate of drug-likeness (QED) is 0.469. The third-order valence-corrected chi connectivity index (χ3v) is 4.85. The second-order valence-electron chi connectivity index (χ2n) is 7.39. The maximum absolute atomic E-state index is 5.54. The van der Waals surface area contributed by atoms with E-state index in [1.54, 1.807) is 6.33 Å². The third kappa shape index (κ3) is 3.60. The van der Waals surface area contributed by atoms with E-state index in [1.165, 1.54) is 0 Å². The molecular weight excluding hydrogens is 348 g/mol. The van der Waals surface area contributed by atoms with Crippen molar-refractivity contribution in [3.8, 4) is 22.4 Å². The molecule has 0 aliphatic heterocycles. The Balaban J connectivity index is 1.78. The fraction of sp³-hybridized carbons (Fsp3) is 0.261. The minimum absolute atomic E-state index is 0.643. The average molecular weight is 372 g/mol. The second kappa shape index (κ2) is 7.80. The monoisotopic (exact) mass is 372 g/mol. The predicted molar refractivity (Wildman–Crippen MR) is 113 cm³/mol. The Morgan fingerprint density at radius 1 is 1.00 bits per heavy atom. The van der Waals surface area contributed by atoms with Gasteiger partial charge in [-0.15, -0.1) is 0 Å². The standard InChI is InChI=1S/C23H24N4O/c1-15(2)11-12-24-23-19-13-18(9-10-20(19)25-14-26-23)21-16(3)28-27-22(21)17-7-5-4-6-8-17/h4-10,13-15H,11-12H2,1-3H3,(H,24,25,26). The molecule has 0 spiro atoms. The van der Waals surface area contributed by atoms with Crippen LogP contribution in [0.4, 0.5) is 5.82 Å². The topological polar surface area (TPSA) is 63.8 Å². The van der Waals surface area contributed by atoms with E-state index in [2.05, 4.69) is 46.4 Å². The molecule has 0 radical (unpaired) electrons. The van der Waals surface area contributed by atoms with Crippen LogP contribution < -0.4 is 5.32 Å². The number of rotatable bonds is 6. The van der Waals surface area contributed by atoms with Crippen molar-refractivity contribution in [3.05, 3.63) is 60.6 Å². The van der Waals surface area contributed by atoms with Crippen molar-refractivity contribution < 1.29 is 4.52 Å². The molecule has 0 aliphatic carbocycles. The average Bonchev–Trinajstić information content (AvgIpc) is 3.10. The van der Waals surface area contributed by atoms with Gasteiger partial charge in [0.1, 0.15) is 23.6 Å². The van der Waals surface area contributed by atoms with Crippen LogP contribution in [-0.2, 0) is 0 Å². The molecular formula is C23H24N4O. The third-order valence-electron chi connectivity index (χ3n) is 4.85. The maximum atomic E-state index is 5.54. The molecule has 0 atom stereocenters. The van der Waals surface area contributed by atoms with Crippen molar-refractivity contribution in [1.29, 1.82) is 0 Å². The summed E-state index contributed by atoms with van der Waals surface area (Å²) in [4.78, 5) is 8.89. The van der Waals surface area contributed by atoms with Gasteiger partial charge in [-0.05, 0) is 37.0 Å². The van der Waals surface area contributed by atoms with Crippen LogP contribution in [0, 0.1) is 12.8 Å². The first kappa shape index (κ1) is 18.2. The predicted octanol–water partition coefficient (Wildman–Crippen LogP) is 5.72. The summed E-state index contributed by atoms with van der Waals surface area (Å²) in [6.07, 6.45) is 2.70. The maximum Gasteiger partial charge on any atom is 0.142 e. The van der Waals surface area contributed by atoms with Gasteiger partial charge in [0, 0.05) is 17.5 Å².